The van der Waals surface area contributed by atoms with Crippen LogP contribution in [0.1, 0.15) is 32.9 Å². The van der Waals surface area contributed by atoms with Crippen molar-refractivity contribution in [3.8, 4) is 0 Å². The molecule has 1 amide bonds. The van der Waals surface area contributed by atoms with Crippen molar-refractivity contribution in [3.63, 3.8) is 0 Å². The molecule has 0 aliphatic carbocycles. The number of amides is 1. The Balaban J connectivity index is 0. The zero-order valence-corrected chi connectivity index (χ0v) is 12.6. The minimum atomic E-state index is -0.893. The van der Waals surface area contributed by atoms with Crippen LogP contribution in [0.25, 0.3) is 0 Å². The molecule has 1 atom stereocenters. The highest BCUT2D eigenvalue weighted by molar-refractivity contribution is 5.96. The Morgan fingerprint density at radius 2 is 1.62 bits per heavy atom. The summed E-state index contributed by atoms with van der Waals surface area (Å²) in [6.07, 6.45) is 2.79. The number of carbonyl (C=O) groups is 3. The summed E-state index contributed by atoms with van der Waals surface area (Å²) < 4.78 is 0. The van der Waals surface area contributed by atoms with E-state index >= 15 is 0 Å². The number of carboxylic acids is 1. The van der Waals surface area contributed by atoms with E-state index in [2.05, 4.69) is 10.6 Å². The van der Waals surface area contributed by atoms with Gasteiger partial charge in [-0.05, 0) is 37.6 Å². The Labute approximate surface area is 144 Å². The molecule has 0 aliphatic heterocycles. The molecule has 0 aromatic heterocycles. The van der Waals surface area contributed by atoms with Crippen LogP contribution in [0.5, 0.6) is 0 Å². The Hall–Kier alpha value is -2.47. The zero-order chi connectivity index (χ0) is 16.5. The van der Waals surface area contributed by atoms with Crippen LogP contribution in [-0.2, 0) is 27.3 Å². The fourth-order valence-electron chi connectivity index (χ4n) is 1.78. The lowest BCUT2D eigenvalue weighted by atomic mass is 10.0. The third-order valence-electron chi connectivity index (χ3n) is 3.05. The molecular weight excluding hydrogens is 308 g/mol. The number of rotatable bonds is 8. The van der Waals surface area contributed by atoms with Gasteiger partial charge in [0, 0.05) is 12.6 Å². The molecule has 0 saturated heterocycles. The summed E-state index contributed by atoms with van der Waals surface area (Å²) in [7, 11) is 1.61. The average molecular weight is 336 g/mol. The Morgan fingerprint density at radius 1 is 1.08 bits per heavy atom. The molecule has 0 fully saturated rings. The van der Waals surface area contributed by atoms with Gasteiger partial charge in [0.1, 0.15) is 6.04 Å². The van der Waals surface area contributed by atoms with Crippen molar-refractivity contribution in [2.75, 3.05) is 7.05 Å². The fourth-order valence-corrected chi connectivity index (χ4v) is 1.78. The normalized spacial score (nSPS) is 11.1. The van der Waals surface area contributed by atoms with Gasteiger partial charge in [0.05, 0.1) is 0 Å². The largest absolute Gasteiger partial charge is 0.480 e. The Morgan fingerprint density at radius 3 is 2.08 bits per heavy atom. The number of nitrogens with one attached hydrogen (secondary N) is 2. The molecule has 0 radical (unpaired) electrons. The number of benzene rings is 1. The molecule has 0 aliphatic rings. The lowest BCUT2D eigenvalue weighted by Crippen LogP contribution is -2.35. The van der Waals surface area contributed by atoms with E-state index in [0.717, 1.165) is 11.1 Å². The first-order chi connectivity index (χ1) is 10.4. The highest BCUT2D eigenvalue weighted by Gasteiger charge is 2.14. The molecule has 0 heterocycles. The maximum atomic E-state index is 11.4. The summed E-state index contributed by atoms with van der Waals surface area (Å²) in [4.78, 5) is 33.1. The number of carbonyl (C=O) groups excluding carboxylic acids is 2. The molecule has 1 aromatic carbocycles. The quantitative estimate of drug-likeness (QED) is 0.631. The van der Waals surface area contributed by atoms with Crippen LogP contribution in [0, 0.1) is 0 Å². The van der Waals surface area contributed by atoms with Gasteiger partial charge in [-0.2, -0.15) is 0 Å². The third kappa shape index (κ3) is 8.85. The predicted molar refractivity (Wildman–Crippen MR) is 95.8 cm³/mol. The SMILES string of the molecule is C.C.CN[C@@H](Cc1ccc(CNC(=O)/C=C/C(C)=O)cc1)C(=O)O. The van der Waals surface area contributed by atoms with E-state index in [1.165, 1.54) is 19.1 Å². The monoisotopic (exact) mass is 336 g/mol. The summed E-state index contributed by atoms with van der Waals surface area (Å²) in [5.74, 6) is -1.41. The van der Waals surface area contributed by atoms with Gasteiger partial charge in [0.15, 0.2) is 5.78 Å². The lowest BCUT2D eigenvalue weighted by Gasteiger charge is -2.11. The van der Waals surface area contributed by atoms with Crippen LogP contribution in [0.4, 0.5) is 0 Å². The molecule has 0 saturated carbocycles. The van der Waals surface area contributed by atoms with Crippen LogP contribution in [0.15, 0.2) is 36.4 Å². The van der Waals surface area contributed by atoms with E-state index in [4.69, 9.17) is 5.11 Å². The first kappa shape index (κ1) is 23.8. The van der Waals surface area contributed by atoms with Gasteiger partial charge in [-0.15, -0.1) is 0 Å². The van der Waals surface area contributed by atoms with Crippen molar-refractivity contribution < 1.29 is 19.5 Å². The summed E-state index contributed by atoms with van der Waals surface area (Å²) >= 11 is 0. The Kier molecular flexibility index (Phi) is 11.9. The van der Waals surface area contributed by atoms with Crippen LogP contribution >= 0.6 is 0 Å². The molecule has 0 unspecified atom stereocenters. The van der Waals surface area contributed by atoms with Gasteiger partial charge in [0.25, 0.3) is 0 Å². The van der Waals surface area contributed by atoms with Gasteiger partial charge >= 0.3 is 5.97 Å². The van der Waals surface area contributed by atoms with Gasteiger partial charge in [-0.1, -0.05) is 39.1 Å². The molecule has 0 bridgehead atoms. The van der Waals surface area contributed by atoms with Crippen molar-refractivity contribution in [2.45, 2.75) is 40.8 Å². The molecule has 3 N–H and O–H groups in total. The minimum Gasteiger partial charge on any atom is -0.480 e. The predicted octanol–water partition coefficient (Wildman–Crippen LogP) is 1.94. The van der Waals surface area contributed by atoms with E-state index in [-0.39, 0.29) is 26.5 Å². The van der Waals surface area contributed by atoms with E-state index in [1.807, 2.05) is 24.3 Å². The van der Waals surface area contributed by atoms with Gasteiger partial charge < -0.3 is 15.7 Å². The van der Waals surface area contributed by atoms with Crippen molar-refractivity contribution in [1.82, 2.24) is 10.6 Å². The number of hydrogen-bond acceptors (Lipinski definition) is 4. The maximum Gasteiger partial charge on any atom is 0.321 e. The zero-order valence-electron chi connectivity index (χ0n) is 12.6. The average Bonchev–Trinajstić information content (AvgIpc) is 2.49. The molecule has 1 rings (SSSR count). The highest BCUT2D eigenvalue weighted by Crippen LogP contribution is 2.07. The smallest absolute Gasteiger partial charge is 0.321 e. The molecule has 1 aromatic rings. The van der Waals surface area contributed by atoms with E-state index < -0.39 is 12.0 Å². The lowest BCUT2D eigenvalue weighted by molar-refractivity contribution is -0.139. The highest BCUT2D eigenvalue weighted by atomic mass is 16.4. The first-order valence-electron chi connectivity index (χ1n) is 6.86. The first-order valence-corrected chi connectivity index (χ1v) is 6.86. The van der Waals surface area contributed by atoms with E-state index in [9.17, 15) is 14.4 Å². The van der Waals surface area contributed by atoms with Gasteiger partial charge in [-0.25, -0.2) is 0 Å². The maximum absolute atomic E-state index is 11.4. The molecule has 0 spiro atoms. The van der Waals surface area contributed by atoms with Crippen molar-refractivity contribution >= 4 is 17.7 Å². The number of carboxylic acid groups (broad SMARTS) is 1. The summed E-state index contributed by atoms with van der Waals surface area (Å²) in [6, 6.07) is 6.71. The Bertz CT molecular complexity index is 565. The second-order valence-corrected chi connectivity index (χ2v) is 4.86. The standard InChI is InChI=1S/C16H20N2O4.2CH4/c1-11(19)3-8-15(20)18-10-13-6-4-12(5-7-13)9-14(17-2)16(21)22;;/h3-8,14,17H,9-10H2,1-2H3,(H,18,20)(H,21,22);2*1H4/b8-3+;;/t14-;;/m0../s1. The molecule has 6 nitrogen and oxygen atoms in total. The van der Waals surface area contributed by atoms with Gasteiger partial charge in [0.2, 0.25) is 5.91 Å². The fraction of sp³-hybridized carbons (Fsp3) is 0.389. The minimum absolute atomic E-state index is 0. The second-order valence-electron chi connectivity index (χ2n) is 4.86. The number of hydrogen-bond donors (Lipinski definition) is 3. The van der Waals surface area contributed by atoms with Crippen LogP contribution < -0.4 is 10.6 Å². The number of aliphatic carboxylic acids is 1. The van der Waals surface area contributed by atoms with Crippen molar-refractivity contribution in [2.24, 2.45) is 0 Å². The summed E-state index contributed by atoms with van der Waals surface area (Å²) in [5.41, 5.74) is 1.79. The van der Waals surface area contributed by atoms with E-state index in [0.29, 0.717) is 13.0 Å². The molecule has 24 heavy (non-hydrogen) atoms. The molecule has 134 valence electrons. The van der Waals surface area contributed by atoms with E-state index in [1.54, 1.807) is 7.05 Å². The van der Waals surface area contributed by atoms with Crippen molar-refractivity contribution in [3.05, 3.63) is 47.5 Å². The second kappa shape index (κ2) is 12.0. The molecule has 6 heteroatoms. The summed E-state index contributed by atoms with van der Waals surface area (Å²) in [6.45, 7) is 1.72. The number of ketones is 1. The molecular formula is C18H28N2O4. The van der Waals surface area contributed by atoms with Crippen LogP contribution in [0.3, 0.4) is 0 Å². The number of likely N-dealkylation sites (N-methyl/N-ethyl adjacent to an activating group) is 1. The van der Waals surface area contributed by atoms with Gasteiger partial charge in [-0.3, -0.25) is 14.4 Å². The summed E-state index contributed by atoms with van der Waals surface area (Å²) in [5, 5.41) is 14.4. The van der Waals surface area contributed by atoms with Crippen LogP contribution in [-0.4, -0.2) is 35.9 Å². The third-order valence-corrected chi connectivity index (χ3v) is 3.05. The van der Waals surface area contributed by atoms with Crippen molar-refractivity contribution in [1.29, 1.82) is 0 Å². The topological polar surface area (TPSA) is 95.5 Å². The number of allylic oxidation sites excluding steroid dienone is 1. The van der Waals surface area contributed by atoms with Crippen LogP contribution in [0.2, 0.25) is 0 Å².